The van der Waals surface area contributed by atoms with Crippen LogP contribution in [0.3, 0.4) is 0 Å². The van der Waals surface area contributed by atoms with Gasteiger partial charge in [-0.05, 0) is 6.07 Å². The maximum Gasteiger partial charge on any atom is 0.302 e. The molecular formula is C17H14N4O. The van der Waals surface area contributed by atoms with Gasteiger partial charge in [0.05, 0.1) is 11.4 Å². The van der Waals surface area contributed by atoms with Crippen molar-refractivity contribution in [3.8, 4) is 22.5 Å². The van der Waals surface area contributed by atoms with E-state index in [1.54, 1.807) is 0 Å². The molecule has 0 atom stereocenters. The minimum Gasteiger partial charge on any atom is -0.287 e. The number of benzene rings is 2. The Kier molecular flexibility index (Phi) is 3.89. The molecule has 3 rings (SSSR count). The van der Waals surface area contributed by atoms with E-state index in [1.165, 1.54) is 0 Å². The lowest BCUT2D eigenvalue weighted by Gasteiger charge is -2.08. The summed E-state index contributed by atoms with van der Waals surface area (Å²) in [5.41, 5.74) is 5.24. The third-order valence-corrected chi connectivity index (χ3v) is 3.20. The minimum absolute atomic E-state index is 0.0442. The molecule has 0 bridgehead atoms. The number of carbonyl (C=O) groups is 1. The van der Waals surface area contributed by atoms with E-state index in [9.17, 15) is 4.79 Å². The van der Waals surface area contributed by atoms with E-state index in [2.05, 4.69) is 15.4 Å². The van der Waals surface area contributed by atoms with Crippen molar-refractivity contribution in [1.29, 1.82) is 0 Å². The lowest BCUT2D eigenvalue weighted by molar-refractivity contribution is 0.0943. The van der Waals surface area contributed by atoms with Gasteiger partial charge >= 0.3 is 5.91 Å². The summed E-state index contributed by atoms with van der Waals surface area (Å²) in [7, 11) is 0. The molecular weight excluding hydrogens is 276 g/mol. The molecule has 5 nitrogen and oxygen atoms in total. The molecule has 0 radical (unpaired) electrons. The van der Waals surface area contributed by atoms with Gasteiger partial charge < -0.3 is 0 Å². The lowest BCUT2D eigenvalue weighted by atomic mass is 10.1. The van der Waals surface area contributed by atoms with E-state index in [4.69, 9.17) is 5.84 Å². The van der Waals surface area contributed by atoms with Crippen LogP contribution in [0.4, 0.5) is 0 Å². The molecule has 1 heterocycles. The number of carbonyl (C=O) groups excluding carboxylic acids is 1. The van der Waals surface area contributed by atoms with Crippen molar-refractivity contribution >= 4 is 5.91 Å². The van der Waals surface area contributed by atoms with Gasteiger partial charge in [0.15, 0.2) is 0 Å². The van der Waals surface area contributed by atoms with Crippen molar-refractivity contribution in [2.45, 2.75) is 0 Å². The average Bonchev–Trinajstić information content (AvgIpc) is 2.62. The van der Waals surface area contributed by atoms with E-state index >= 15 is 0 Å². The number of aromatic nitrogens is 2. The van der Waals surface area contributed by atoms with Crippen LogP contribution in [0.2, 0.25) is 0 Å². The van der Waals surface area contributed by atoms with Crippen molar-refractivity contribution in [2.75, 3.05) is 0 Å². The first-order valence-corrected chi connectivity index (χ1v) is 6.79. The lowest BCUT2D eigenvalue weighted by Crippen LogP contribution is -2.31. The molecule has 5 heteroatoms. The highest BCUT2D eigenvalue weighted by Crippen LogP contribution is 2.23. The molecule has 0 aliphatic carbocycles. The van der Waals surface area contributed by atoms with Crippen LogP contribution in [-0.2, 0) is 0 Å². The van der Waals surface area contributed by atoms with Gasteiger partial charge in [-0.1, -0.05) is 60.7 Å². The van der Waals surface area contributed by atoms with Crippen LogP contribution in [0, 0.1) is 0 Å². The standard InChI is InChI=1S/C17H14N4O/c18-21-17(22)16-19-14(12-7-3-1-4-8-12)11-15(20-16)13-9-5-2-6-10-13/h1-11H,18H2,(H,21,22). The summed E-state index contributed by atoms with van der Waals surface area (Å²) in [4.78, 5) is 20.4. The van der Waals surface area contributed by atoms with E-state index in [-0.39, 0.29) is 5.82 Å². The third kappa shape index (κ3) is 2.84. The number of nitrogen functional groups attached to an aromatic ring is 1. The van der Waals surface area contributed by atoms with Gasteiger partial charge in [-0.3, -0.25) is 10.2 Å². The quantitative estimate of drug-likeness (QED) is 0.441. The molecule has 22 heavy (non-hydrogen) atoms. The van der Waals surface area contributed by atoms with Gasteiger partial charge in [0.25, 0.3) is 0 Å². The smallest absolute Gasteiger partial charge is 0.287 e. The Morgan fingerprint density at radius 2 is 1.27 bits per heavy atom. The Morgan fingerprint density at radius 3 is 1.68 bits per heavy atom. The Labute approximate surface area is 127 Å². The third-order valence-electron chi connectivity index (χ3n) is 3.20. The van der Waals surface area contributed by atoms with Crippen LogP contribution in [0.5, 0.6) is 0 Å². The summed E-state index contributed by atoms with van der Waals surface area (Å²) in [5, 5.41) is 0. The van der Waals surface area contributed by atoms with Gasteiger partial charge in [-0.2, -0.15) is 0 Å². The van der Waals surface area contributed by atoms with Crippen LogP contribution in [0.25, 0.3) is 22.5 Å². The first-order chi connectivity index (χ1) is 10.8. The number of nitrogens with two attached hydrogens (primary N) is 1. The Morgan fingerprint density at radius 1 is 0.818 bits per heavy atom. The molecule has 0 unspecified atom stereocenters. The topological polar surface area (TPSA) is 80.9 Å². The molecule has 1 amide bonds. The maximum atomic E-state index is 11.8. The summed E-state index contributed by atoms with van der Waals surface area (Å²) in [5.74, 6) is 4.73. The maximum absolute atomic E-state index is 11.8. The molecule has 0 saturated heterocycles. The molecule has 0 spiro atoms. The molecule has 108 valence electrons. The van der Waals surface area contributed by atoms with Crippen molar-refractivity contribution < 1.29 is 4.79 Å². The second kappa shape index (κ2) is 6.15. The largest absolute Gasteiger partial charge is 0.302 e. The molecule has 1 aromatic heterocycles. The number of nitrogens with one attached hydrogen (secondary N) is 1. The van der Waals surface area contributed by atoms with E-state index in [0.29, 0.717) is 11.4 Å². The Bertz CT molecular complexity index is 731. The predicted octanol–water partition coefficient (Wildman–Crippen LogP) is 2.41. The molecule has 3 N–H and O–H groups in total. The van der Waals surface area contributed by atoms with Gasteiger partial charge in [-0.25, -0.2) is 15.8 Å². The molecule has 0 aliphatic rings. The van der Waals surface area contributed by atoms with Crippen LogP contribution in [-0.4, -0.2) is 15.9 Å². The minimum atomic E-state index is -0.519. The number of hydrogen-bond acceptors (Lipinski definition) is 4. The first-order valence-electron chi connectivity index (χ1n) is 6.79. The summed E-state index contributed by atoms with van der Waals surface area (Å²) < 4.78 is 0. The van der Waals surface area contributed by atoms with E-state index in [1.807, 2.05) is 66.7 Å². The van der Waals surface area contributed by atoms with Gasteiger partial charge in [-0.15, -0.1) is 0 Å². The van der Waals surface area contributed by atoms with E-state index in [0.717, 1.165) is 11.1 Å². The number of rotatable bonds is 3. The van der Waals surface area contributed by atoms with Gasteiger partial charge in [0, 0.05) is 11.1 Å². The van der Waals surface area contributed by atoms with Crippen molar-refractivity contribution in [3.05, 3.63) is 72.6 Å². The molecule has 0 fully saturated rings. The fourth-order valence-corrected chi connectivity index (χ4v) is 2.13. The highest BCUT2D eigenvalue weighted by molar-refractivity contribution is 5.91. The van der Waals surface area contributed by atoms with Crippen molar-refractivity contribution in [2.24, 2.45) is 5.84 Å². The van der Waals surface area contributed by atoms with Crippen molar-refractivity contribution in [1.82, 2.24) is 15.4 Å². The van der Waals surface area contributed by atoms with Crippen molar-refractivity contribution in [3.63, 3.8) is 0 Å². The number of hydrazine groups is 1. The zero-order chi connectivity index (χ0) is 15.4. The van der Waals surface area contributed by atoms with Gasteiger partial charge in [0.2, 0.25) is 5.82 Å². The van der Waals surface area contributed by atoms with Crippen LogP contribution >= 0.6 is 0 Å². The molecule has 3 aromatic rings. The Hall–Kier alpha value is -3.05. The number of nitrogens with zero attached hydrogens (tertiary/aromatic N) is 2. The predicted molar refractivity (Wildman–Crippen MR) is 84.6 cm³/mol. The van der Waals surface area contributed by atoms with Gasteiger partial charge in [0.1, 0.15) is 0 Å². The summed E-state index contributed by atoms with van der Waals surface area (Å²) in [6.07, 6.45) is 0. The Balaban J connectivity index is 2.17. The fraction of sp³-hybridized carbons (Fsp3) is 0. The fourth-order valence-electron chi connectivity index (χ4n) is 2.13. The average molecular weight is 290 g/mol. The number of hydrogen-bond donors (Lipinski definition) is 2. The SMILES string of the molecule is NNC(=O)c1nc(-c2ccccc2)cc(-c2ccccc2)n1. The van der Waals surface area contributed by atoms with Crippen LogP contribution < -0.4 is 11.3 Å². The second-order valence-corrected chi connectivity index (χ2v) is 4.67. The normalized spacial score (nSPS) is 10.2. The first kappa shape index (κ1) is 13.9. The molecule has 2 aromatic carbocycles. The number of amides is 1. The van der Waals surface area contributed by atoms with E-state index < -0.39 is 5.91 Å². The summed E-state index contributed by atoms with van der Waals surface area (Å²) in [6.45, 7) is 0. The van der Waals surface area contributed by atoms with Crippen LogP contribution in [0.1, 0.15) is 10.6 Å². The zero-order valence-electron chi connectivity index (χ0n) is 11.7. The van der Waals surface area contributed by atoms with Crippen LogP contribution in [0.15, 0.2) is 66.7 Å². The zero-order valence-corrected chi connectivity index (χ0v) is 11.7. The highest BCUT2D eigenvalue weighted by Gasteiger charge is 2.13. The monoisotopic (exact) mass is 290 g/mol. The molecule has 0 aliphatic heterocycles. The highest BCUT2D eigenvalue weighted by atomic mass is 16.2. The summed E-state index contributed by atoms with van der Waals surface area (Å²) in [6, 6.07) is 21.1. The second-order valence-electron chi connectivity index (χ2n) is 4.67. The molecule has 0 saturated carbocycles. The summed E-state index contributed by atoms with van der Waals surface area (Å²) >= 11 is 0.